The number of amides is 10. The van der Waals surface area contributed by atoms with E-state index in [2.05, 4.69) is 47.9 Å². The van der Waals surface area contributed by atoms with E-state index in [1.165, 1.54) is 11.9 Å². The number of carbonyl (C=O) groups is 15. The average Bonchev–Trinajstić information content (AvgIpc) is 3.84. The third-order valence-electron chi connectivity index (χ3n) is 11.1. The first-order chi connectivity index (χ1) is 35.6. The van der Waals surface area contributed by atoms with Gasteiger partial charge in [-0.3, -0.25) is 71.9 Å². The molecule has 0 aliphatic carbocycles. The molecule has 0 spiro atoms. The minimum absolute atomic E-state index is 0.0327. The van der Waals surface area contributed by atoms with Gasteiger partial charge in [-0.1, -0.05) is 13.8 Å². The molecule has 0 radical (unpaired) electrons. The van der Waals surface area contributed by atoms with Crippen molar-refractivity contribution in [1.29, 1.82) is 0 Å². The van der Waals surface area contributed by atoms with Gasteiger partial charge in [-0.2, -0.15) is 0 Å². The first-order valence-electron chi connectivity index (χ1n) is 24.2. The largest absolute Gasteiger partial charge is 0.481 e. The molecule has 1 fully saturated rings. The maximum absolute atomic E-state index is 13.7. The van der Waals surface area contributed by atoms with Crippen LogP contribution in [0.1, 0.15) is 104 Å². The Morgan fingerprint density at radius 2 is 0.908 bits per heavy atom. The summed E-state index contributed by atoms with van der Waals surface area (Å²) in [6.45, 7) is 3.31. The number of rotatable bonds is 37. The van der Waals surface area contributed by atoms with Crippen LogP contribution in [0.15, 0.2) is 0 Å². The Hall–Kier alpha value is -7.99. The average molecular weight is 1090 g/mol. The Balaban J connectivity index is 3.18. The van der Waals surface area contributed by atoms with E-state index in [0.717, 1.165) is 6.92 Å². The molecule has 0 aromatic carbocycles. The van der Waals surface area contributed by atoms with Crippen LogP contribution >= 0.6 is 0 Å². The maximum Gasteiger partial charge on any atom is 0.303 e. The van der Waals surface area contributed by atoms with Crippen molar-refractivity contribution in [1.82, 2.24) is 52.8 Å². The highest BCUT2D eigenvalue weighted by atomic mass is 16.5. The molecule has 0 aromatic rings. The lowest BCUT2D eigenvalue weighted by atomic mass is 10.0. The van der Waals surface area contributed by atoms with Gasteiger partial charge in [0.2, 0.25) is 59.1 Å². The number of likely N-dealkylation sites (N-methyl/N-ethyl adjacent to an activating group) is 1. The molecule has 1 saturated heterocycles. The van der Waals surface area contributed by atoms with Crippen molar-refractivity contribution in [3.8, 4) is 0 Å². The zero-order chi connectivity index (χ0) is 57.7. The summed E-state index contributed by atoms with van der Waals surface area (Å²) in [5.41, 5.74) is 0. The summed E-state index contributed by atoms with van der Waals surface area (Å²) in [6, 6.07) is -10.7. The zero-order valence-corrected chi connectivity index (χ0v) is 42.6. The normalized spacial score (nSPS) is 15.2. The number of nitrogens with one attached hydrogen (secondary N) is 9. The summed E-state index contributed by atoms with van der Waals surface area (Å²) in [7, 11) is 1.39. The van der Waals surface area contributed by atoms with Crippen molar-refractivity contribution in [2.45, 2.75) is 147 Å². The number of carboxylic acids is 5. The number of nitrogens with zero attached hydrogens (tertiary/aromatic N) is 1. The Kier molecular flexibility index (Phi) is 30.0. The van der Waals surface area contributed by atoms with Crippen LogP contribution in [0.5, 0.6) is 0 Å². The van der Waals surface area contributed by atoms with Crippen LogP contribution in [-0.4, -0.2) is 202 Å². The lowest BCUT2D eigenvalue weighted by Crippen LogP contribution is -2.59. The summed E-state index contributed by atoms with van der Waals surface area (Å²) in [5, 5.41) is 67.4. The highest BCUT2D eigenvalue weighted by Crippen LogP contribution is 2.19. The number of carbonyl (C=O) groups excluding carboxylic acids is 10. The smallest absolute Gasteiger partial charge is 0.303 e. The molecule has 14 N–H and O–H groups in total. The number of aliphatic carboxylic acids is 5. The molecule has 0 saturated carbocycles. The number of ether oxygens (including phenoxy) is 1. The molecular formula is C45H70N10O21. The SMILES string of the molecule is CNC(=O)CNC(=O)[C@H](CC(C)C)NC(=O)[C@@H]1CCCN1C(=O)COCCNC(=O)[C@@H](CCC(=O)O)NC(=O)[C@@H](CCC(=O)O)NC(=O)[C@@H](CCC(=O)O)NC(=O)[C@@H](CCC(=O)O)NC(=O)[C@@H](CCC(=O)O)NC(C)=O. The van der Waals surface area contributed by atoms with Gasteiger partial charge in [0.1, 0.15) is 48.9 Å². The van der Waals surface area contributed by atoms with Crippen LogP contribution in [-0.2, 0) is 76.7 Å². The molecule has 76 heavy (non-hydrogen) atoms. The molecule has 1 rings (SSSR count). The monoisotopic (exact) mass is 1090 g/mol. The third-order valence-corrected chi connectivity index (χ3v) is 11.1. The quantitative estimate of drug-likeness (QED) is 0.0260. The fraction of sp³-hybridized carbons (Fsp3) is 0.667. The van der Waals surface area contributed by atoms with E-state index in [0.29, 0.717) is 6.42 Å². The first kappa shape index (κ1) is 66.0. The van der Waals surface area contributed by atoms with E-state index in [1.54, 1.807) is 0 Å². The van der Waals surface area contributed by atoms with Crippen LogP contribution in [0, 0.1) is 5.92 Å². The Morgan fingerprint density at radius 1 is 0.526 bits per heavy atom. The molecule has 10 amide bonds. The standard InChI is InChI=1S/C45H70N10O21/c1-23(2)20-30(40(70)48-21-32(57)46-4)54-45(75)31-6-5-18-55(31)33(58)22-76-19-17-47-39(69)25(7-12-34(59)60)50-42(72)27(9-14-36(63)64)52-44(74)29(11-16-38(67)68)53-43(73)28(10-15-37(65)66)51-41(71)26(49-24(3)56)8-13-35(61)62/h23,25-31H,5-22H2,1-4H3,(H,46,57)(H,47,69)(H,48,70)(H,49,56)(H,50,72)(H,51,71)(H,52,74)(H,53,73)(H,54,75)(H,59,60)(H,61,62)(H,63,64)(H,65,66)(H,67,68)/t25-,26-,27-,28-,29-,30+,31+/m1/s1. The van der Waals surface area contributed by atoms with Gasteiger partial charge in [0.05, 0.1) is 13.2 Å². The number of carboxylic acid groups (broad SMARTS) is 5. The van der Waals surface area contributed by atoms with Crippen molar-refractivity contribution >= 4 is 88.9 Å². The molecule has 426 valence electrons. The van der Waals surface area contributed by atoms with Gasteiger partial charge >= 0.3 is 29.8 Å². The van der Waals surface area contributed by atoms with E-state index in [1.807, 2.05) is 13.8 Å². The van der Waals surface area contributed by atoms with Gasteiger partial charge < -0.3 is 83.0 Å². The molecule has 1 heterocycles. The predicted molar refractivity (Wildman–Crippen MR) is 257 cm³/mol. The van der Waals surface area contributed by atoms with Gasteiger partial charge in [0, 0.05) is 59.2 Å². The van der Waals surface area contributed by atoms with Gasteiger partial charge in [0.15, 0.2) is 0 Å². The summed E-state index contributed by atoms with van der Waals surface area (Å²) in [4.78, 5) is 189. The van der Waals surface area contributed by atoms with Crippen molar-refractivity contribution in [2.24, 2.45) is 5.92 Å². The second-order valence-corrected chi connectivity index (χ2v) is 17.8. The highest BCUT2D eigenvalue weighted by molar-refractivity contribution is 5.97. The maximum atomic E-state index is 13.7. The van der Waals surface area contributed by atoms with Crippen LogP contribution in [0.4, 0.5) is 0 Å². The second kappa shape index (κ2) is 34.5. The van der Waals surface area contributed by atoms with E-state index >= 15 is 0 Å². The van der Waals surface area contributed by atoms with Crippen molar-refractivity contribution in [3.05, 3.63) is 0 Å². The van der Waals surface area contributed by atoms with Crippen LogP contribution in [0.3, 0.4) is 0 Å². The Morgan fingerprint density at radius 3 is 1.28 bits per heavy atom. The van der Waals surface area contributed by atoms with Crippen LogP contribution in [0.25, 0.3) is 0 Å². The molecule has 0 aromatic heterocycles. The van der Waals surface area contributed by atoms with E-state index in [4.69, 9.17) is 9.84 Å². The molecule has 0 bridgehead atoms. The second-order valence-electron chi connectivity index (χ2n) is 17.8. The van der Waals surface area contributed by atoms with Crippen molar-refractivity contribution in [2.75, 3.05) is 39.9 Å². The van der Waals surface area contributed by atoms with E-state index in [9.17, 15) is 92.3 Å². The topological polar surface area (TPSA) is 478 Å². The fourth-order valence-electron chi connectivity index (χ4n) is 7.32. The molecule has 0 unspecified atom stereocenters. The fourth-order valence-corrected chi connectivity index (χ4v) is 7.32. The highest BCUT2D eigenvalue weighted by Gasteiger charge is 2.37. The number of likely N-dealkylation sites (tertiary alicyclic amines) is 1. The Bertz CT molecular complexity index is 2120. The summed E-state index contributed by atoms with van der Waals surface area (Å²) < 4.78 is 5.43. The molecule has 31 nitrogen and oxygen atoms in total. The lowest BCUT2D eigenvalue weighted by molar-refractivity contribution is -0.142. The minimum Gasteiger partial charge on any atom is -0.481 e. The zero-order valence-electron chi connectivity index (χ0n) is 42.6. The first-order valence-corrected chi connectivity index (χ1v) is 24.2. The van der Waals surface area contributed by atoms with Gasteiger partial charge in [-0.05, 0) is 57.3 Å². The lowest BCUT2D eigenvalue weighted by Gasteiger charge is -2.27. The van der Waals surface area contributed by atoms with Gasteiger partial charge in [0.25, 0.3) is 0 Å². The van der Waals surface area contributed by atoms with Gasteiger partial charge in [-0.25, -0.2) is 0 Å². The predicted octanol–water partition coefficient (Wildman–Crippen LogP) is -4.73. The van der Waals surface area contributed by atoms with E-state index in [-0.39, 0.29) is 45.0 Å². The molecule has 1 aliphatic heterocycles. The third kappa shape index (κ3) is 26.8. The van der Waals surface area contributed by atoms with Crippen LogP contribution in [0.2, 0.25) is 0 Å². The summed E-state index contributed by atoms with van der Waals surface area (Å²) in [6.07, 6.45) is -5.81. The molecule has 7 atom stereocenters. The molecule has 31 heteroatoms. The molecular weight excluding hydrogens is 1020 g/mol. The van der Waals surface area contributed by atoms with Crippen LogP contribution < -0.4 is 47.9 Å². The van der Waals surface area contributed by atoms with E-state index < -0.39 is 202 Å². The van der Waals surface area contributed by atoms with Crippen molar-refractivity contribution < 1.29 is 102 Å². The summed E-state index contributed by atoms with van der Waals surface area (Å²) >= 11 is 0. The number of hydrogen-bond donors (Lipinski definition) is 14. The Labute approximate surface area is 435 Å². The molecule has 1 aliphatic rings. The van der Waals surface area contributed by atoms with Crippen molar-refractivity contribution in [3.63, 3.8) is 0 Å². The van der Waals surface area contributed by atoms with Gasteiger partial charge in [-0.15, -0.1) is 0 Å². The minimum atomic E-state index is -1.89. The summed E-state index contributed by atoms with van der Waals surface area (Å²) in [5.74, 6) is -16.2. The number of hydrogen-bond acceptors (Lipinski definition) is 16.